The molecule has 0 heterocycles. The van der Waals surface area contributed by atoms with Crippen LogP contribution in [0, 0.1) is 5.92 Å². The number of hydrogen-bond acceptors (Lipinski definition) is 1. The van der Waals surface area contributed by atoms with E-state index in [0.29, 0.717) is 5.92 Å². The molecule has 14 rings (SSSR count). The maximum Gasteiger partial charge on any atom is 0.0546 e. The third-order valence-electron chi connectivity index (χ3n) is 16.8. The van der Waals surface area contributed by atoms with Crippen LogP contribution in [0.25, 0.3) is 54.6 Å². The molecule has 0 aromatic heterocycles. The quantitative estimate of drug-likeness (QED) is 0.144. The van der Waals surface area contributed by atoms with Crippen molar-refractivity contribution in [1.82, 2.24) is 0 Å². The summed E-state index contributed by atoms with van der Waals surface area (Å²) in [6.07, 6.45) is 17.4. The number of hydrogen-bond donors (Lipinski definition) is 0. The van der Waals surface area contributed by atoms with Crippen LogP contribution < -0.4 is 4.90 Å². The summed E-state index contributed by atoms with van der Waals surface area (Å²) in [5, 5.41) is 7.50. The van der Waals surface area contributed by atoms with Crippen molar-refractivity contribution in [1.29, 1.82) is 0 Å². The number of benzene rings is 10. The van der Waals surface area contributed by atoms with Gasteiger partial charge in [-0.3, -0.25) is 0 Å². The summed E-state index contributed by atoms with van der Waals surface area (Å²) in [6.45, 7) is 4.83. The lowest BCUT2D eigenvalue weighted by Gasteiger charge is -2.39. The maximum absolute atomic E-state index is 2.54. The van der Waals surface area contributed by atoms with Crippen molar-refractivity contribution in [3.63, 3.8) is 0 Å². The first-order chi connectivity index (χ1) is 35.0. The van der Waals surface area contributed by atoms with E-state index in [2.05, 4.69) is 274 Å². The van der Waals surface area contributed by atoms with Gasteiger partial charge in [-0.25, -0.2) is 0 Å². The van der Waals surface area contributed by atoms with Gasteiger partial charge in [0.1, 0.15) is 0 Å². The van der Waals surface area contributed by atoms with Crippen molar-refractivity contribution in [3.8, 4) is 22.3 Å². The minimum absolute atomic E-state index is 0.0333. The van der Waals surface area contributed by atoms with Gasteiger partial charge in [-0.15, -0.1) is 0 Å². The zero-order valence-corrected chi connectivity index (χ0v) is 40.1. The third-order valence-corrected chi connectivity index (χ3v) is 16.8. The molecule has 0 aliphatic heterocycles. The molecular weight excluding hydrogens is 855 g/mol. The molecule has 10 aromatic carbocycles. The van der Waals surface area contributed by atoms with Crippen LogP contribution >= 0.6 is 0 Å². The lowest BCUT2D eigenvalue weighted by atomic mass is 9.63. The predicted octanol–water partition coefficient (Wildman–Crippen LogP) is 18.4. The molecule has 0 N–H and O–H groups in total. The third kappa shape index (κ3) is 6.19. The Morgan fingerprint density at radius 1 is 0.479 bits per heavy atom. The summed E-state index contributed by atoms with van der Waals surface area (Å²) in [4.78, 5) is 2.53. The Kier molecular flexibility index (Phi) is 9.49. The van der Waals surface area contributed by atoms with Crippen LogP contribution in [0.1, 0.15) is 65.5 Å². The molecule has 0 spiro atoms. The minimum atomic E-state index is -0.412. The van der Waals surface area contributed by atoms with E-state index in [0.717, 1.165) is 23.5 Å². The predicted molar refractivity (Wildman–Crippen MR) is 299 cm³/mol. The SMILES string of the molecule is CC1(C)C2=CC=CCC2c2c(-c3c(-c4ccc(N(c5ccc6c(c5)C(c5ccccc5)(c5ccccc5)C5C=CC=CC65)c5cc6ccccc6c6ccccc56)cc4)ccc4ccccc34)cccc21. The summed E-state index contributed by atoms with van der Waals surface area (Å²) >= 11 is 0. The molecule has 0 amide bonds. The first-order valence-electron chi connectivity index (χ1n) is 25.4. The molecule has 1 nitrogen and oxygen atoms in total. The van der Waals surface area contributed by atoms with Crippen molar-refractivity contribution < 1.29 is 0 Å². The van der Waals surface area contributed by atoms with Gasteiger partial charge in [-0.2, -0.15) is 0 Å². The van der Waals surface area contributed by atoms with Crippen LogP contribution in [0.3, 0.4) is 0 Å². The summed E-state index contributed by atoms with van der Waals surface area (Å²) in [7, 11) is 0. The maximum atomic E-state index is 2.54. The molecule has 10 aromatic rings. The molecule has 3 unspecified atom stereocenters. The standard InChI is InChI=1S/C70H53N/c1-69(2)62-33-17-16-31-60(62)68-61(32-19-35-64(68)69)67-54-27-12-9-20-46(54)38-42-55(67)47-36-39-51(40-37-47)71(66-44-48-21-10-11-26-53(48)56-28-13-14-30-59(56)66)52-41-43-58-57-29-15-18-34-63(57)70(65(58)45-52,49-22-5-3-6-23-49)50-24-7-4-8-25-50/h3-30,32-45,57,60,63H,31H2,1-2H3. The molecule has 338 valence electrons. The van der Waals surface area contributed by atoms with Gasteiger partial charge in [0.05, 0.1) is 11.1 Å². The van der Waals surface area contributed by atoms with E-state index >= 15 is 0 Å². The van der Waals surface area contributed by atoms with Gasteiger partial charge in [0.15, 0.2) is 0 Å². The zero-order valence-electron chi connectivity index (χ0n) is 40.1. The molecule has 71 heavy (non-hydrogen) atoms. The van der Waals surface area contributed by atoms with Gasteiger partial charge in [-0.05, 0) is 119 Å². The highest BCUT2D eigenvalue weighted by atomic mass is 15.1. The Bertz CT molecular complexity index is 3840. The normalized spacial score (nSPS) is 18.8. The van der Waals surface area contributed by atoms with Gasteiger partial charge < -0.3 is 4.90 Å². The van der Waals surface area contributed by atoms with Gasteiger partial charge in [0, 0.05) is 39.9 Å². The largest absolute Gasteiger partial charge is 0.310 e. The van der Waals surface area contributed by atoms with E-state index in [9.17, 15) is 0 Å². The van der Waals surface area contributed by atoms with Gasteiger partial charge in [0.2, 0.25) is 0 Å². The van der Waals surface area contributed by atoms with Crippen molar-refractivity contribution in [3.05, 3.63) is 294 Å². The smallest absolute Gasteiger partial charge is 0.0546 e. The fraction of sp³-hybridized carbons (Fsp3) is 0.114. The van der Waals surface area contributed by atoms with Crippen molar-refractivity contribution in [2.24, 2.45) is 5.92 Å². The molecule has 4 aliphatic rings. The van der Waals surface area contributed by atoms with Crippen LogP contribution in [0.4, 0.5) is 17.1 Å². The fourth-order valence-corrected chi connectivity index (χ4v) is 13.7. The molecule has 0 fully saturated rings. The van der Waals surface area contributed by atoms with E-state index in [-0.39, 0.29) is 17.3 Å². The first-order valence-corrected chi connectivity index (χ1v) is 25.4. The second kappa shape index (κ2) is 16.2. The van der Waals surface area contributed by atoms with E-state index < -0.39 is 5.41 Å². The highest BCUT2D eigenvalue weighted by molar-refractivity contribution is 6.15. The molecule has 1 heteroatoms. The summed E-state index contributed by atoms with van der Waals surface area (Å²) in [5.41, 5.74) is 17.9. The molecular formula is C70H53N. The van der Waals surface area contributed by atoms with Gasteiger partial charge in [0.25, 0.3) is 0 Å². The van der Waals surface area contributed by atoms with Crippen molar-refractivity contribution in [2.45, 2.75) is 42.9 Å². The Balaban J connectivity index is 0.994. The monoisotopic (exact) mass is 907 g/mol. The number of allylic oxidation sites excluding steroid dienone is 8. The molecule has 0 radical (unpaired) electrons. The Hall–Kier alpha value is -8.26. The average Bonchev–Trinajstić information content (AvgIpc) is 3.86. The molecule has 0 saturated heterocycles. The number of fused-ring (bicyclic) bond motifs is 10. The Morgan fingerprint density at radius 3 is 1.92 bits per heavy atom. The lowest BCUT2D eigenvalue weighted by molar-refractivity contribution is 0.457. The Morgan fingerprint density at radius 2 is 1.14 bits per heavy atom. The van der Waals surface area contributed by atoms with E-state index in [1.54, 1.807) is 0 Å². The second-order valence-electron chi connectivity index (χ2n) is 20.6. The van der Waals surface area contributed by atoms with Crippen LogP contribution in [-0.2, 0) is 10.8 Å². The summed E-state index contributed by atoms with van der Waals surface area (Å²) in [5.74, 6) is 0.817. The number of rotatable bonds is 7. The van der Waals surface area contributed by atoms with E-state index in [4.69, 9.17) is 0 Å². The second-order valence-corrected chi connectivity index (χ2v) is 20.6. The molecule has 3 atom stereocenters. The Labute approximate surface area is 417 Å². The minimum Gasteiger partial charge on any atom is -0.310 e. The molecule has 4 aliphatic carbocycles. The zero-order chi connectivity index (χ0) is 47.3. The van der Waals surface area contributed by atoms with Crippen LogP contribution in [0.15, 0.2) is 260 Å². The first kappa shape index (κ1) is 41.7. The lowest BCUT2D eigenvalue weighted by Crippen LogP contribution is -2.35. The molecule has 0 saturated carbocycles. The van der Waals surface area contributed by atoms with Crippen molar-refractivity contribution >= 4 is 49.4 Å². The number of anilines is 3. The highest BCUT2D eigenvalue weighted by Gasteiger charge is 2.53. The van der Waals surface area contributed by atoms with Gasteiger partial charge in [-0.1, -0.05) is 244 Å². The van der Waals surface area contributed by atoms with Crippen molar-refractivity contribution in [2.75, 3.05) is 4.90 Å². The summed E-state index contributed by atoms with van der Waals surface area (Å²) < 4.78 is 0. The average molecular weight is 908 g/mol. The van der Waals surface area contributed by atoms with Crippen LogP contribution in [0.5, 0.6) is 0 Å². The van der Waals surface area contributed by atoms with E-state index in [1.165, 1.54) is 93.5 Å². The molecule has 0 bridgehead atoms. The van der Waals surface area contributed by atoms with Crippen LogP contribution in [-0.4, -0.2) is 0 Å². The van der Waals surface area contributed by atoms with E-state index in [1.807, 2.05) is 0 Å². The fourth-order valence-electron chi connectivity index (χ4n) is 13.7. The number of nitrogens with zero attached hydrogens (tertiary/aromatic N) is 1. The summed E-state index contributed by atoms with van der Waals surface area (Å²) in [6, 6.07) is 80.3. The van der Waals surface area contributed by atoms with Gasteiger partial charge >= 0.3 is 0 Å². The highest BCUT2D eigenvalue weighted by Crippen LogP contribution is 2.61. The van der Waals surface area contributed by atoms with Crippen LogP contribution in [0.2, 0.25) is 0 Å². The topological polar surface area (TPSA) is 3.24 Å².